The van der Waals surface area contributed by atoms with Crippen molar-refractivity contribution in [3.63, 3.8) is 0 Å². The zero-order valence-electron chi connectivity index (χ0n) is 9.18. The first-order valence-electron chi connectivity index (χ1n) is 4.90. The van der Waals surface area contributed by atoms with Crippen LogP contribution in [-0.2, 0) is 0 Å². The molecule has 1 heterocycles. The number of rotatable bonds is 2. The molecule has 0 aliphatic rings. The van der Waals surface area contributed by atoms with E-state index < -0.39 is 0 Å². The van der Waals surface area contributed by atoms with Crippen LogP contribution >= 0.6 is 11.3 Å². The third-order valence-corrected chi connectivity index (χ3v) is 3.02. The number of amides is 1. The molecule has 0 N–H and O–H groups in total. The predicted molar refractivity (Wildman–Crippen MR) is 65.6 cm³/mol. The highest BCUT2D eigenvalue weighted by atomic mass is 32.1. The maximum absolute atomic E-state index is 11.8. The lowest BCUT2D eigenvalue weighted by Gasteiger charge is -2.10. The SMILES string of the molecule is CN(C)C(=O)c1cccc(-c2nccs2)c1. The summed E-state index contributed by atoms with van der Waals surface area (Å²) in [5, 5.41) is 2.86. The first-order chi connectivity index (χ1) is 7.68. The summed E-state index contributed by atoms with van der Waals surface area (Å²) in [6.45, 7) is 0. The minimum atomic E-state index is 0.0124. The summed E-state index contributed by atoms with van der Waals surface area (Å²) in [5.74, 6) is 0.0124. The van der Waals surface area contributed by atoms with Crippen LogP contribution in [0.15, 0.2) is 35.8 Å². The topological polar surface area (TPSA) is 33.2 Å². The van der Waals surface area contributed by atoms with Crippen molar-refractivity contribution in [3.05, 3.63) is 41.4 Å². The Morgan fingerprint density at radius 1 is 1.38 bits per heavy atom. The van der Waals surface area contributed by atoms with E-state index >= 15 is 0 Å². The fourth-order valence-corrected chi connectivity index (χ4v) is 2.04. The van der Waals surface area contributed by atoms with E-state index in [1.54, 1.807) is 36.5 Å². The van der Waals surface area contributed by atoms with Gasteiger partial charge in [0.1, 0.15) is 5.01 Å². The molecule has 2 aromatic rings. The van der Waals surface area contributed by atoms with Gasteiger partial charge in [-0.2, -0.15) is 0 Å². The number of nitrogens with zero attached hydrogens (tertiary/aromatic N) is 2. The molecule has 0 atom stereocenters. The Balaban J connectivity index is 2.37. The molecular weight excluding hydrogens is 220 g/mol. The second-order valence-electron chi connectivity index (χ2n) is 3.62. The summed E-state index contributed by atoms with van der Waals surface area (Å²) >= 11 is 1.57. The van der Waals surface area contributed by atoms with E-state index in [1.165, 1.54) is 0 Å². The Morgan fingerprint density at radius 3 is 2.81 bits per heavy atom. The number of hydrogen-bond donors (Lipinski definition) is 0. The van der Waals surface area contributed by atoms with Crippen LogP contribution in [0.4, 0.5) is 0 Å². The molecule has 1 aromatic carbocycles. The van der Waals surface area contributed by atoms with E-state index in [1.807, 2.05) is 29.6 Å². The molecule has 1 amide bonds. The largest absolute Gasteiger partial charge is 0.345 e. The van der Waals surface area contributed by atoms with Crippen molar-refractivity contribution >= 4 is 17.2 Å². The lowest BCUT2D eigenvalue weighted by atomic mass is 10.1. The predicted octanol–water partition coefficient (Wildman–Crippen LogP) is 2.51. The standard InChI is InChI=1S/C12H12N2OS/c1-14(2)12(15)10-5-3-4-9(8-10)11-13-6-7-16-11/h3-8H,1-2H3. The first-order valence-corrected chi connectivity index (χ1v) is 5.78. The van der Waals surface area contributed by atoms with Gasteiger partial charge >= 0.3 is 0 Å². The molecule has 0 saturated carbocycles. The van der Waals surface area contributed by atoms with E-state index in [-0.39, 0.29) is 5.91 Å². The minimum Gasteiger partial charge on any atom is -0.345 e. The van der Waals surface area contributed by atoms with Gasteiger partial charge in [0.05, 0.1) is 0 Å². The van der Waals surface area contributed by atoms with Gasteiger partial charge in [-0.3, -0.25) is 4.79 Å². The van der Waals surface area contributed by atoms with Crippen LogP contribution < -0.4 is 0 Å². The van der Waals surface area contributed by atoms with Gasteiger partial charge in [0.2, 0.25) is 0 Å². The monoisotopic (exact) mass is 232 g/mol. The third-order valence-electron chi connectivity index (χ3n) is 2.19. The average molecular weight is 232 g/mol. The van der Waals surface area contributed by atoms with E-state index in [0.717, 1.165) is 10.6 Å². The van der Waals surface area contributed by atoms with Gasteiger partial charge < -0.3 is 4.90 Å². The zero-order valence-corrected chi connectivity index (χ0v) is 9.99. The van der Waals surface area contributed by atoms with Gasteiger partial charge in [-0.15, -0.1) is 11.3 Å². The molecule has 0 aliphatic carbocycles. The quantitative estimate of drug-likeness (QED) is 0.797. The van der Waals surface area contributed by atoms with Crippen molar-refractivity contribution < 1.29 is 4.79 Å². The van der Waals surface area contributed by atoms with Crippen molar-refractivity contribution in [3.8, 4) is 10.6 Å². The summed E-state index contributed by atoms with van der Waals surface area (Å²) in [4.78, 5) is 17.6. The van der Waals surface area contributed by atoms with Crippen molar-refractivity contribution in [2.45, 2.75) is 0 Å². The van der Waals surface area contributed by atoms with Gasteiger partial charge in [0.15, 0.2) is 0 Å². The smallest absolute Gasteiger partial charge is 0.253 e. The Kier molecular flexibility index (Phi) is 3.01. The Hall–Kier alpha value is -1.68. The van der Waals surface area contributed by atoms with Crippen LogP contribution in [-0.4, -0.2) is 29.9 Å². The second-order valence-corrected chi connectivity index (χ2v) is 4.51. The molecule has 2 rings (SSSR count). The molecule has 0 unspecified atom stereocenters. The highest BCUT2D eigenvalue weighted by Crippen LogP contribution is 2.22. The number of benzene rings is 1. The summed E-state index contributed by atoms with van der Waals surface area (Å²) in [6.07, 6.45) is 1.76. The van der Waals surface area contributed by atoms with Crippen LogP contribution in [0.5, 0.6) is 0 Å². The number of thiazole rings is 1. The number of hydrogen-bond acceptors (Lipinski definition) is 3. The highest BCUT2D eigenvalue weighted by molar-refractivity contribution is 7.13. The molecule has 0 fully saturated rings. The molecule has 0 aliphatic heterocycles. The number of carbonyl (C=O) groups excluding carboxylic acids is 1. The van der Waals surface area contributed by atoms with E-state index in [4.69, 9.17) is 0 Å². The molecular formula is C12H12N2OS. The van der Waals surface area contributed by atoms with Crippen molar-refractivity contribution in [1.29, 1.82) is 0 Å². The van der Waals surface area contributed by atoms with E-state index in [0.29, 0.717) is 5.56 Å². The maximum Gasteiger partial charge on any atom is 0.253 e. The lowest BCUT2D eigenvalue weighted by molar-refractivity contribution is 0.0827. The fourth-order valence-electron chi connectivity index (χ4n) is 1.41. The molecule has 16 heavy (non-hydrogen) atoms. The molecule has 0 bridgehead atoms. The van der Waals surface area contributed by atoms with Gasteiger partial charge in [-0.25, -0.2) is 4.98 Å². The van der Waals surface area contributed by atoms with Crippen LogP contribution in [0.3, 0.4) is 0 Å². The third kappa shape index (κ3) is 2.12. The summed E-state index contributed by atoms with van der Waals surface area (Å²) in [7, 11) is 3.50. The summed E-state index contributed by atoms with van der Waals surface area (Å²) in [6, 6.07) is 7.54. The molecule has 4 heteroatoms. The summed E-state index contributed by atoms with van der Waals surface area (Å²) < 4.78 is 0. The summed E-state index contributed by atoms with van der Waals surface area (Å²) in [5.41, 5.74) is 1.68. The second kappa shape index (κ2) is 4.45. The zero-order chi connectivity index (χ0) is 11.5. The normalized spacial score (nSPS) is 10.1. The molecule has 0 saturated heterocycles. The van der Waals surface area contributed by atoms with Crippen molar-refractivity contribution in [1.82, 2.24) is 9.88 Å². The maximum atomic E-state index is 11.8. The van der Waals surface area contributed by atoms with Gasteiger partial charge in [0.25, 0.3) is 5.91 Å². The highest BCUT2D eigenvalue weighted by Gasteiger charge is 2.09. The van der Waals surface area contributed by atoms with Crippen LogP contribution in [0.2, 0.25) is 0 Å². The van der Waals surface area contributed by atoms with Gasteiger partial charge in [-0.1, -0.05) is 12.1 Å². The molecule has 0 radical (unpaired) electrons. The van der Waals surface area contributed by atoms with Gasteiger partial charge in [-0.05, 0) is 12.1 Å². The fraction of sp³-hybridized carbons (Fsp3) is 0.167. The van der Waals surface area contributed by atoms with Crippen molar-refractivity contribution in [2.75, 3.05) is 14.1 Å². The first kappa shape index (κ1) is 10.8. The Morgan fingerprint density at radius 2 is 2.19 bits per heavy atom. The van der Waals surface area contributed by atoms with Crippen molar-refractivity contribution in [2.24, 2.45) is 0 Å². The minimum absolute atomic E-state index is 0.0124. The average Bonchev–Trinajstić information content (AvgIpc) is 2.81. The van der Waals surface area contributed by atoms with Crippen LogP contribution in [0.1, 0.15) is 10.4 Å². The Labute approximate surface area is 98.4 Å². The lowest BCUT2D eigenvalue weighted by Crippen LogP contribution is -2.21. The molecule has 0 spiro atoms. The van der Waals surface area contributed by atoms with Crippen LogP contribution in [0.25, 0.3) is 10.6 Å². The number of carbonyl (C=O) groups is 1. The van der Waals surface area contributed by atoms with Crippen LogP contribution in [0, 0.1) is 0 Å². The molecule has 3 nitrogen and oxygen atoms in total. The Bertz CT molecular complexity index is 491. The molecule has 1 aromatic heterocycles. The molecule has 82 valence electrons. The van der Waals surface area contributed by atoms with E-state index in [2.05, 4.69) is 4.98 Å². The van der Waals surface area contributed by atoms with Gasteiger partial charge in [0, 0.05) is 36.8 Å². The number of aromatic nitrogens is 1. The van der Waals surface area contributed by atoms with E-state index in [9.17, 15) is 4.79 Å².